The Morgan fingerprint density at radius 2 is 2.03 bits per heavy atom. The second kappa shape index (κ2) is 7.11. The van der Waals surface area contributed by atoms with E-state index in [0.717, 1.165) is 16.5 Å². The fourth-order valence-corrected chi connectivity index (χ4v) is 5.13. The first kappa shape index (κ1) is 19.6. The maximum absolute atomic E-state index is 13.7. The molecule has 1 fully saturated rings. The van der Waals surface area contributed by atoms with Crippen LogP contribution < -0.4 is 10.5 Å². The molecular formula is C24H24FN3O3. The number of benzene rings is 2. The summed E-state index contributed by atoms with van der Waals surface area (Å²) < 4.78 is 21.9. The van der Waals surface area contributed by atoms with Crippen LogP contribution in [0.4, 0.5) is 4.39 Å². The van der Waals surface area contributed by atoms with Crippen molar-refractivity contribution in [2.75, 3.05) is 6.54 Å². The van der Waals surface area contributed by atoms with Gasteiger partial charge in [-0.1, -0.05) is 18.2 Å². The summed E-state index contributed by atoms with van der Waals surface area (Å²) in [7, 11) is 0. The van der Waals surface area contributed by atoms with E-state index in [9.17, 15) is 14.0 Å². The van der Waals surface area contributed by atoms with Crippen molar-refractivity contribution in [3.8, 4) is 5.75 Å². The second-order valence-electron chi connectivity index (χ2n) is 8.56. The highest BCUT2D eigenvalue weighted by atomic mass is 19.1. The average molecular weight is 421 g/mol. The molecule has 3 aromatic rings. The Hall–Kier alpha value is -3.35. The number of carbonyl (C=O) groups excluding carboxylic acids is 2. The van der Waals surface area contributed by atoms with E-state index in [4.69, 9.17) is 10.5 Å². The molecule has 1 aromatic heterocycles. The number of ether oxygens (including phenoxy) is 1. The topological polar surface area (TPSA) is 77.6 Å². The Kier molecular flexibility index (Phi) is 4.50. The second-order valence-corrected chi connectivity index (χ2v) is 8.56. The van der Waals surface area contributed by atoms with Gasteiger partial charge in [-0.05, 0) is 54.6 Å². The Morgan fingerprint density at radius 3 is 2.84 bits per heavy atom. The molecule has 3 atom stereocenters. The van der Waals surface area contributed by atoms with Crippen molar-refractivity contribution in [3.05, 3.63) is 66.1 Å². The molecule has 2 aromatic carbocycles. The van der Waals surface area contributed by atoms with Gasteiger partial charge in [0, 0.05) is 31.6 Å². The molecule has 2 aliphatic rings. The smallest absolute Gasteiger partial charge is 0.238 e. The quantitative estimate of drug-likeness (QED) is 0.642. The van der Waals surface area contributed by atoms with Gasteiger partial charge in [-0.25, -0.2) is 4.39 Å². The lowest BCUT2D eigenvalue weighted by atomic mass is 9.73. The highest BCUT2D eigenvalue weighted by Crippen LogP contribution is 2.50. The predicted octanol–water partition coefficient (Wildman–Crippen LogP) is 3.40. The maximum Gasteiger partial charge on any atom is 0.238 e. The zero-order valence-electron chi connectivity index (χ0n) is 17.3. The van der Waals surface area contributed by atoms with E-state index < -0.39 is 17.6 Å². The predicted molar refractivity (Wildman–Crippen MR) is 114 cm³/mol. The van der Waals surface area contributed by atoms with E-state index in [0.29, 0.717) is 31.7 Å². The van der Waals surface area contributed by atoms with Crippen LogP contribution in [0.15, 0.2) is 54.7 Å². The number of hydrogen-bond acceptors (Lipinski definition) is 3. The van der Waals surface area contributed by atoms with Crippen LogP contribution in [0.25, 0.3) is 10.9 Å². The van der Waals surface area contributed by atoms with Gasteiger partial charge < -0.3 is 19.9 Å². The number of nitrogens with two attached hydrogens (primary N) is 1. The Labute approximate surface area is 179 Å². The van der Waals surface area contributed by atoms with Gasteiger partial charge in [0.2, 0.25) is 11.8 Å². The van der Waals surface area contributed by atoms with Crippen LogP contribution >= 0.6 is 0 Å². The van der Waals surface area contributed by atoms with Crippen molar-refractivity contribution in [1.29, 1.82) is 0 Å². The van der Waals surface area contributed by atoms with Crippen molar-refractivity contribution >= 4 is 22.7 Å². The summed E-state index contributed by atoms with van der Waals surface area (Å²) in [5, 5.41) is 0.964. The first-order chi connectivity index (χ1) is 14.9. The molecule has 6 nitrogen and oxygen atoms in total. The fraction of sp³-hybridized carbons (Fsp3) is 0.333. The number of aromatic nitrogens is 1. The molecule has 0 spiro atoms. The van der Waals surface area contributed by atoms with Gasteiger partial charge >= 0.3 is 0 Å². The fourth-order valence-electron chi connectivity index (χ4n) is 5.13. The van der Waals surface area contributed by atoms with E-state index in [2.05, 4.69) is 0 Å². The first-order valence-electron chi connectivity index (χ1n) is 10.5. The van der Waals surface area contributed by atoms with Crippen LogP contribution in [0.3, 0.4) is 0 Å². The van der Waals surface area contributed by atoms with Crippen molar-refractivity contribution < 1.29 is 18.7 Å². The third kappa shape index (κ3) is 3.15. The summed E-state index contributed by atoms with van der Waals surface area (Å²) in [6.07, 6.45) is 3.06. The summed E-state index contributed by atoms with van der Waals surface area (Å²) in [6, 6.07) is 14.2. The zero-order chi connectivity index (χ0) is 21.8. The van der Waals surface area contributed by atoms with Crippen LogP contribution in [-0.4, -0.2) is 33.6 Å². The van der Waals surface area contributed by atoms with Gasteiger partial charge in [-0.3, -0.25) is 9.59 Å². The molecule has 0 aliphatic carbocycles. The van der Waals surface area contributed by atoms with Crippen molar-refractivity contribution in [3.63, 3.8) is 0 Å². The van der Waals surface area contributed by atoms with Gasteiger partial charge in [0.1, 0.15) is 17.5 Å². The molecule has 2 bridgehead atoms. The number of rotatable bonds is 5. The molecule has 1 saturated heterocycles. The number of aryl methyl sites for hydroxylation is 1. The van der Waals surface area contributed by atoms with Crippen molar-refractivity contribution in [1.82, 2.24) is 9.47 Å². The molecule has 7 heteroatoms. The molecule has 2 N–H and O–H groups in total. The SMILES string of the molecule is CC12CC(c3ccccc3O1)C(C(N)=O)C(=O)N2CCCn1ccc2ccc(F)cc21. The number of para-hydroxylation sites is 1. The number of nitrogens with zero attached hydrogens (tertiary/aromatic N) is 2. The molecule has 160 valence electrons. The number of likely N-dealkylation sites (tertiary alicyclic amines) is 1. The molecule has 0 saturated carbocycles. The van der Waals surface area contributed by atoms with Gasteiger partial charge in [0.15, 0.2) is 5.72 Å². The normalized spacial score (nSPS) is 24.7. The minimum absolute atomic E-state index is 0.282. The van der Waals surface area contributed by atoms with Crippen LogP contribution in [0, 0.1) is 11.7 Å². The Bertz CT molecular complexity index is 1190. The molecular weight excluding hydrogens is 397 g/mol. The van der Waals surface area contributed by atoms with Crippen LogP contribution in [0.1, 0.15) is 31.2 Å². The van der Waals surface area contributed by atoms with Crippen molar-refractivity contribution in [2.45, 2.75) is 38.0 Å². The molecule has 31 heavy (non-hydrogen) atoms. The third-order valence-corrected chi connectivity index (χ3v) is 6.58. The maximum atomic E-state index is 13.7. The molecule has 2 aliphatic heterocycles. The summed E-state index contributed by atoms with van der Waals surface area (Å²) >= 11 is 0. The number of piperidine rings is 1. The van der Waals surface area contributed by atoms with E-state index in [-0.39, 0.29) is 17.6 Å². The van der Waals surface area contributed by atoms with E-state index in [1.807, 2.05) is 48.0 Å². The number of hydrogen-bond donors (Lipinski definition) is 1. The van der Waals surface area contributed by atoms with Crippen LogP contribution in [0.2, 0.25) is 0 Å². The van der Waals surface area contributed by atoms with Crippen molar-refractivity contribution in [2.24, 2.45) is 11.7 Å². The van der Waals surface area contributed by atoms with Crippen LogP contribution in [0.5, 0.6) is 5.75 Å². The Morgan fingerprint density at radius 1 is 1.23 bits per heavy atom. The van der Waals surface area contributed by atoms with E-state index >= 15 is 0 Å². The van der Waals surface area contributed by atoms with Gasteiger partial charge in [-0.15, -0.1) is 0 Å². The average Bonchev–Trinajstić information content (AvgIpc) is 3.12. The number of amides is 2. The first-order valence-corrected chi connectivity index (χ1v) is 10.5. The number of carbonyl (C=O) groups is 2. The molecule has 3 unspecified atom stereocenters. The third-order valence-electron chi connectivity index (χ3n) is 6.58. The van der Waals surface area contributed by atoms with Gasteiger partial charge in [0.25, 0.3) is 0 Å². The number of halogens is 1. The lowest BCUT2D eigenvalue weighted by Crippen LogP contribution is -2.64. The molecule has 0 radical (unpaired) electrons. The Balaban J connectivity index is 1.40. The summed E-state index contributed by atoms with van der Waals surface area (Å²) in [5.41, 5.74) is 6.50. The molecule has 5 rings (SSSR count). The standard InChI is InChI=1S/C24H24FN3O3/c1-24-14-18(17-5-2-3-6-20(17)31-24)21(22(26)29)23(30)28(24)11-4-10-27-12-9-15-7-8-16(25)13-19(15)27/h2-3,5-9,12-13,18,21H,4,10-11,14H2,1H3,(H2,26,29). The van der Waals surface area contributed by atoms with Crippen LogP contribution in [-0.2, 0) is 16.1 Å². The summed E-state index contributed by atoms with van der Waals surface area (Å²) in [4.78, 5) is 27.2. The minimum Gasteiger partial charge on any atom is -0.468 e. The lowest BCUT2D eigenvalue weighted by molar-refractivity contribution is -0.175. The van der Waals surface area contributed by atoms with Gasteiger partial charge in [0.05, 0.1) is 5.52 Å². The number of fused-ring (bicyclic) bond motifs is 5. The highest BCUT2D eigenvalue weighted by Gasteiger charge is 2.55. The monoisotopic (exact) mass is 421 g/mol. The number of primary amides is 1. The van der Waals surface area contributed by atoms with Gasteiger partial charge in [-0.2, -0.15) is 0 Å². The zero-order valence-corrected chi connectivity index (χ0v) is 17.3. The summed E-state index contributed by atoms with van der Waals surface area (Å²) in [5.74, 6) is -1.67. The minimum atomic E-state index is -0.903. The molecule has 3 heterocycles. The lowest BCUT2D eigenvalue weighted by Gasteiger charge is -2.52. The van der Waals surface area contributed by atoms with E-state index in [1.165, 1.54) is 12.1 Å². The highest BCUT2D eigenvalue weighted by molar-refractivity contribution is 6.01. The summed E-state index contributed by atoms with van der Waals surface area (Å²) in [6.45, 7) is 2.91. The van der Waals surface area contributed by atoms with E-state index in [1.54, 1.807) is 11.0 Å². The largest absolute Gasteiger partial charge is 0.468 e. The molecule has 2 amide bonds.